The van der Waals surface area contributed by atoms with Gasteiger partial charge in [0.15, 0.2) is 0 Å². The molecule has 112 valence electrons. The molecule has 1 aliphatic carbocycles. The van der Waals surface area contributed by atoms with Crippen LogP contribution in [0.15, 0.2) is 24.3 Å². The minimum absolute atomic E-state index is 0.394. The van der Waals surface area contributed by atoms with Gasteiger partial charge in [-0.15, -0.1) is 0 Å². The van der Waals surface area contributed by atoms with Crippen molar-refractivity contribution in [1.82, 2.24) is 5.32 Å². The fourth-order valence-electron chi connectivity index (χ4n) is 3.51. The SMILES string of the molecule is CCC(NC1CCCC(C)(C)C1)c1ccccc1OC. The Morgan fingerprint density at radius 2 is 2.10 bits per heavy atom. The summed E-state index contributed by atoms with van der Waals surface area (Å²) in [6, 6.07) is 9.42. The van der Waals surface area contributed by atoms with Crippen LogP contribution in [0.25, 0.3) is 0 Å². The van der Waals surface area contributed by atoms with Crippen molar-refractivity contribution < 1.29 is 4.74 Å². The number of hydrogen-bond donors (Lipinski definition) is 1. The lowest BCUT2D eigenvalue weighted by Gasteiger charge is -2.37. The first kappa shape index (κ1) is 15.4. The molecular weight excluding hydrogens is 246 g/mol. The fourth-order valence-corrected chi connectivity index (χ4v) is 3.51. The monoisotopic (exact) mass is 275 g/mol. The molecule has 0 saturated heterocycles. The first-order valence-corrected chi connectivity index (χ1v) is 7.94. The van der Waals surface area contributed by atoms with Crippen LogP contribution in [0, 0.1) is 5.41 Å². The number of hydrogen-bond acceptors (Lipinski definition) is 2. The standard InChI is InChI=1S/C18H29NO/c1-5-16(15-10-6-7-11-17(15)20-4)19-14-9-8-12-18(2,3)13-14/h6-7,10-11,14,16,19H,5,8-9,12-13H2,1-4H3. The van der Waals surface area contributed by atoms with Gasteiger partial charge in [0.25, 0.3) is 0 Å². The van der Waals surface area contributed by atoms with Crippen molar-refractivity contribution >= 4 is 0 Å². The number of nitrogens with one attached hydrogen (secondary N) is 1. The van der Waals surface area contributed by atoms with Crippen molar-refractivity contribution in [3.8, 4) is 5.75 Å². The fraction of sp³-hybridized carbons (Fsp3) is 0.667. The Labute approximate surface area is 123 Å². The van der Waals surface area contributed by atoms with E-state index in [0.717, 1.165) is 12.2 Å². The lowest BCUT2D eigenvalue weighted by molar-refractivity contribution is 0.187. The molecular formula is C18H29NO. The summed E-state index contributed by atoms with van der Waals surface area (Å²) in [5.74, 6) is 1.00. The molecule has 0 aliphatic heterocycles. The lowest BCUT2D eigenvalue weighted by Crippen LogP contribution is -2.39. The summed E-state index contributed by atoms with van der Waals surface area (Å²) in [7, 11) is 1.76. The lowest BCUT2D eigenvalue weighted by atomic mass is 9.75. The first-order chi connectivity index (χ1) is 9.55. The average molecular weight is 275 g/mol. The third-order valence-corrected chi connectivity index (χ3v) is 4.56. The van der Waals surface area contributed by atoms with Crippen LogP contribution in [0.2, 0.25) is 0 Å². The number of rotatable bonds is 5. The summed E-state index contributed by atoms with van der Waals surface area (Å²) < 4.78 is 5.52. The van der Waals surface area contributed by atoms with Gasteiger partial charge in [-0.2, -0.15) is 0 Å². The average Bonchev–Trinajstić information content (AvgIpc) is 2.44. The van der Waals surface area contributed by atoms with Crippen LogP contribution in [0.1, 0.15) is 64.5 Å². The second kappa shape index (κ2) is 6.62. The topological polar surface area (TPSA) is 21.3 Å². The van der Waals surface area contributed by atoms with E-state index in [-0.39, 0.29) is 0 Å². The van der Waals surface area contributed by atoms with Gasteiger partial charge < -0.3 is 10.1 Å². The minimum atomic E-state index is 0.394. The molecule has 1 aromatic rings. The molecule has 2 nitrogen and oxygen atoms in total. The number of benzene rings is 1. The predicted octanol–water partition coefficient (Wildman–Crippen LogP) is 4.70. The molecule has 1 aliphatic rings. The summed E-state index contributed by atoms with van der Waals surface area (Å²) in [5, 5.41) is 3.87. The van der Waals surface area contributed by atoms with Gasteiger partial charge in [0.05, 0.1) is 7.11 Å². The van der Waals surface area contributed by atoms with Gasteiger partial charge in [-0.1, -0.05) is 45.4 Å². The van der Waals surface area contributed by atoms with Crippen molar-refractivity contribution in [2.45, 2.75) is 65.0 Å². The number of ether oxygens (including phenoxy) is 1. The molecule has 2 heteroatoms. The van der Waals surface area contributed by atoms with Crippen molar-refractivity contribution in [1.29, 1.82) is 0 Å². The Morgan fingerprint density at radius 1 is 1.35 bits per heavy atom. The molecule has 0 amide bonds. The summed E-state index contributed by atoms with van der Waals surface area (Å²) in [6.07, 6.45) is 6.37. The molecule has 0 bridgehead atoms. The molecule has 2 atom stereocenters. The molecule has 0 heterocycles. The quantitative estimate of drug-likeness (QED) is 0.840. The highest BCUT2D eigenvalue weighted by Crippen LogP contribution is 2.37. The normalized spacial score (nSPS) is 23.3. The Bertz CT molecular complexity index is 427. The van der Waals surface area contributed by atoms with E-state index in [4.69, 9.17) is 4.74 Å². The van der Waals surface area contributed by atoms with Crippen molar-refractivity contribution in [3.63, 3.8) is 0 Å². The van der Waals surface area contributed by atoms with Gasteiger partial charge in [0, 0.05) is 17.6 Å². The summed E-state index contributed by atoms with van der Waals surface area (Å²) in [6.45, 7) is 7.04. The van der Waals surface area contributed by atoms with Gasteiger partial charge in [-0.05, 0) is 37.2 Å². The van der Waals surface area contributed by atoms with E-state index in [2.05, 4.69) is 44.3 Å². The smallest absolute Gasteiger partial charge is 0.123 e. The van der Waals surface area contributed by atoms with Gasteiger partial charge in [-0.3, -0.25) is 0 Å². The second-order valence-electron chi connectivity index (χ2n) is 6.83. The molecule has 0 aromatic heterocycles. The summed E-state index contributed by atoms with van der Waals surface area (Å²) in [4.78, 5) is 0. The zero-order valence-corrected chi connectivity index (χ0v) is 13.4. The molecule has 0 radical (unpaired) electrons. The summed E-state index contributed by atoms with van der Waals surface area (Å²) >= 11 is 0. The van der Waals surface area contributed by atoms with Gasteiger partial charge in [0.1, 0.15) is 5.75 Å². The number of methoxy groups -OCH3 is 1. The molecule has 2 rings (SSSR count). The maximum absolute atomic E-state index is 5.52. The van der Waals surface area contributed by atoms with Crippen LogP contribution < -0.4 is 10.1 Å². The first-order valence-electron chi connectivity index (χ1n) is 7.94. The van der Waals surface area contributed by atoms with Crippen molar-refractivity contribution in [2.24, 2.45) is 5.41 Å². The highest BCUT2D eigenvalue weighted by Gasteiger charge is 2.29. The molecule has 20 heavy (non-hydrogen) atoms. The van der Waals surface area contributed by atoms with E-state index in [9.17, 15) is 0 Å². The largest absolute Gasteiger partial charge is 0.496 e. The maximum atomic E-state index is 5.52. The zero-order chi connectivity index (χ0) is 14.6. The van der Waals surface area contributed by atoms with Crippen molar-refractivity contribution in [3.05, 3.63) is 29.8 Å². The minimum Gasteiger partial charge on any atom is -0.496 e. The highest BCUT2D eigenvalue weighted by atomic mass is 16.5. The Kier molecular flexibility index (Phi) is 5.09. The highest BCUT2D eigenvalue weighted by molar-refractivity contribution is 5.35. The van der Waals surface area contributed by atoms with Crippen LogP contribution in [0.4, 0.5) is 0 Å². The summed E-state index contributed by atoms with van der Waals surface area (Å²) in [5.41, 5.74) is 1.77. The van der Waals surface area contributed by atoms with Crippen LogP contribution in [0.5, 0.6) is 5.75 Å². The van der Waals surface area contributed by atoms with Gasteiger partial charge >= 0.3 is 0 Å². The Morgan fingerprint density at radius 3 is 2.75 bits per heavy atom. The Balaban J connectivity index is 2.09. The van der Waals surface area contributed by atoms with Crippen LogP contribution in [0.3, 0.4) is 0 Å². The Hall–Kier alpha value is -1.02. The van der Waals surface area contributed by atoms with E-state index >= 15 is 0 Å². The number of para-hydroxylation sites is 1. The third-order valence-electron chi connectivity index (χ3n) is 4.56. The molecule has 1 fully saturated rings. The van der Waals surface area contributed by atoms with E-state index in [1.165, 1.54) is 31.2 Å². The van der Waals surface area contributed by atoms with E-state index < -0.39 is 0 Å². The predicted molar refractivity (Wildman–Crippen MR) is 85.2 cm³/mol. The van der Waals surface area contributed by atoms with Crippen LogP contribution in [-0.2, 0) is 0 Å². The molecule has 1 aromatic carbocycles. The maximum Gasteiger partial charge on any atom is 0.123 e. The van der Waals surface area contributed by atoms with Crippen LogP contribution in [-0.4, -0.2) is 13.2 Å². The van der Waals surface area contributed by atoms with Gasteiger partial charge in [-0.25, -0.2) is 0 Å². The molecule has 0 spiro atoms. The van der Waals surface area contributed by atoms with E-state index in [0.29, 0.717) is 17.5 Å². The van der Waals surface area contributed by atoms with Gasteiger partial charge in [0.2, 0.25) is 0 Å². The molecule has 1 N–H and O–H groups in total. The third kappa shape index (κ3) is 3.76. The van der Waals surface area contributed by atoms with Crippen molar-refractivity contribution in [2.75, 3.05) is 7.11 Å². The van der Waals surface area contributed by atoms with E-state index in [1.807, 2.05) is 6.07 Å². The zero-order valence-electron chi connectivity index (χ0n) is 13.4. The van der Waals surface area contributed by atoms with E-state index in [1.54, 1.807) is 7.11 Å². The second-order valence-corrected chi connectivity index (χ2v) is 6.83. The van der Waals surface area contributed by atoms with Crippen LogP contribution >= 0.6 is 0 Å². The molecule has 2 unspecified atom stereocenters. The molecule has 1 saturated carbocycles.